The Balaban J connectivity index is 1.45. The van der Waals surface area contributed by atoms with Crippen LogP contribution in [0.4, 0.5) is 11.5 Å². The van der Waals surface area contributed by atoms with E-state index in [1.807, 2.05) is 24.8 Å². The Bertz CT molecular complexity index is 1610. The summed E-state index contributed by atoms with van der Waals surface area (Å²) in [5, 5.41) is 18.3. The molecule has 2 fully saturated rings. The molecular weight excluding hydrogens is 556 g/mol. The van der Waals surface area contributed by atoms with Crippen molar-refractivity contribution in [3.8, 4) is 6.07 Å². The number of aromatic amines is 1. The Hall–Kier alpha value is -3.82. The predicted molar refractivity (Wildman–Crippen MR) is 161 cm³/mol. The van der Waals surface area contributed by atoms with Gasteiger partial charge >= 0.3 is 5.97 Å². The van der Waals surface area contributed by atoms with Crippen LogP contribution in [0.2, 0.25) is 0 Å². The molecule has 1 aromatic carbocycles. The second-order valence-corrected chi connectivity index (χ2v) is 13.3. The van der Waals surface area contributed by atoms with Gasteiger partial charge in [0.2, 0.25) is 0 Å². The minimum atomic E-state index is -0.893. The molecule has 2 aromatic heterocycles. The first-order valence-corrected chi connectivity index (χ1v) is 15.1. The molecule has 0 bridgehead atoms. The van der Waals surface area contributed by atoms with Crippen LogP contribution in [0.1, 0.15) is 62.9 Å². The third-order valence-electron chi connectivity index (χ3n) is 7.67. The lowest BCUT2D eigenvalue weighted by atomic mass is 9.87. The number of amides is 1. The average Bonchev–Trinajstić information content (AvgIpc) is 3.52. The van der Waals surface area contributed by atoms with Crippen LogP contribution in [0.3, 0.4) is 0 Å². The van der Waals surface area contributed by atoms with Gasteiger partial charge in [-0.2, -0.15) is 10.4 Å². The summed E-state index contributed by atoms with van der Waals surface area (Å²) < 4.78 is 13.2. The van der Waals surface area contributed by atoms with E-state index in [9.17, 15) is 19.6 Å². The van der Waals surface area contributed by atoms with E-state index in [0.717, 1.165) is 17.9 Å². The summed E-state index contributed by atoms with van der Waals surface area (Å²) in [4.78, 5) is 43.4. The van der Waals surface area contributed by atoms with Crippen molar-refractivity contribution in [1.82, 2.24) is 19.7 Å². The number of aromatic nitrogens is 3. The molecule has 0 saturated carbocycles. The number of nitriles is 1. The van der Waals surface area contributed by atoms with E-state index in [-0.39, 0.29) is 29.9 Å². The predicted octanol–water partition coefficient (Wildman–Crippen LogP) is 4.44. The fraction of sp³-hybridized carbons (Fsp3) is 0.500. The number of hydrogen-bond acceptors (Lipinski definition) is 9. The summed E-state index contributed by atoms with van der Waals surface area (Å²) >= 11 is 1.76. The summed E-state index contributed by atoms with van der Waals surface area (Å²) in [7, 11) is 0. The zero-order chi connectivity index (χ0) is 30.2. The smallest absolute Gasteiger partial charge is 0.335 e. The molecule has 2 N–H and O–H groups in total. The third-order valence-corrected chi connectivity index (χ3v) is 8.82. The Morgan fingerprint density at radius 1 is 1.33 bits per heavy atom. The second kappa shape index (κ2) is 11.5. The van der Waals surface area contributed by atoms with E-state index in [0.29, 0.717) is 40.8 Å². The number of nitrogens with zero attached hydrogens (tertiary/aromatic N) is 4. The fourth-order valence-corrected chi connectivity index (χ4v) is 6.58. The van der Waals surface area contributed by atoms with Gasteiger partial charge in [0.05, 0.1) is 35.5 Å². The van der Waals surface area contributed by atoms with Crippen LogP contribution in [-0.2, 0) is 19.8 Å². The van der Waals surface area contributed by atoms with E-state index in [1.54, 1.807) is 61.6 Å². The minimum absolute atomic E-state index is 0.00292. The topological polar surface area (TPSA) is 142 Å². The Morgan fingerprint density at radius 2 is 2.12 bits per heavy atom. The quantitative estimate of drug-likeness (QED) is 0.397. The molecule has 4 heterocycles. The first-order chi connectivity index (χ1) is 19.9. The maximum atomic E-state index is 13.1. The molecule has 1 amide bonds. The molecule has 0 aliphatic carbocycles. The van der Waals surface area contributed by atoms with Crippen LogP contribution in [0.5, 0.6) is 0 Å². The number of H-pyrrole nitrogens is 1. The van der Waals surface area contributed by atoms with Crippen molar-refractivity contribution in [3.05, 3.63) is 51.9 Å². The number of thioether (sulfide) groups is 1. The van der Waals surface area contributed by atoms with Gasteiger partial charge in [-0.3, -0.25) is 14.3 Å². The van der Waals surface area contributed by atoms with E-state index < -0.39 is 23.2 Å². The number of carbonyl (C=O) groups is 2. The van der Waals surface area contributed by atoms with Crippen molar-refractivity contribution >= 4 is 46.0 Å². The maximum Gasteiger partial charge on any atom is 0.335 e. The standard InChI is InChI=1S/C30H36N6O5S/c1-18-16-20(6-7-21(18)27(38)35-14-15-42-19(35)2)33-25-24-22(9-13-32-26(24)37)36(34-25)30(11-12-31)10-8-23(40-17-30)28(39)41-29(3,4)5/h6-7,9,13,16,19,23H,8,10-11,14-15,17H2,1-5H3,(H,32,37)(H,33,34)/t19?,23-,30-/m0/s1. The molecule has 2 aliphatic heterocycles. The number of ether oxygens (including phenoxy) is 2. The van der Waals surface area contributed by atoms with Gasteiger partial charge in [0.1, 0.15) is 11.0 Å². The number of aryl methyl sites for hydroxylation is 1. The molecule has 12 heteroatoms. The van der Waals surface area contributed by atoms with Crippen LogP contribution in [-0.4, -0.2) is 67.5 Å². The molecule has 11 nitrogen and oxygen atoms in total. The molecule has 3 atom stereocenters. The number of benzene rings is 1. The van der Waals surface area contributed by atoms with Crippen molar-refractivity contribution < 1.29 is 19.1 Å². The Labute approximate surface area is 248 Å². The van der Waals surface area contributed by atoms with Crippen LogP contribution in [0, 0.1) is 18.3 Å². The number of rotatable bonds is 6. The van der Waals surface area contributed by atoms with Crippen molar-refractivity contribution in [2.24, 2.45) is 0 Å². The van der Waals surface area contributed by atoms with E-state index in [1.165, 1.54) is 0 Å². The molecular formula is C30H36N6O5S. The van der Waals surface area contributed by atoms with Crippen LogP contribution in [0.25, 0.3) is 10.9 Å². The monoisotopic (exact) mass is 592 g/mol. The normalized spacial score (nSPS) is 22.6. The van der Waals surface area contributed by atoms with Gasteiger partial charge in [-0.1, -0.05) is 0 Å². The number of anilines is 2. The zero-order valence-electron chi connectivity index (χ0n) is 24.5. The molecule has 2 aliphatic rings. The van der Waals surface area contributed by atoms with Crippen molar-refractivity contribution in [3.63, 3.8) is 0 Å². The maximum absolute atomic E-state index is 13.1. The first-order valence-electron chi connectivity index (χ1n) is 14.0. The summed E-state index contributed by atoms with van der Waals surface area (Å²) in [6.45, 7) is 10.1. The van der Waals surface area contributed by atoms with Gasteiger partial charge in [0.15, 0.2) is 11.9 Å². The molecule has 1 unspecified atom stereocenters. The number of carbonyl (C=O) groups excluding carboxylic acids is 2. The highest BCUT2D eigenvalue weighted by Gasteiger charge is 2.43. The number of esters is 1. The van der Waals surface area contributed by atoms with Crippen molar-refractivity contribution in [2.75, 3.05) is 24.2 Å². The van der Waals surface area contributed by atoms with Gasteiger partial charge in [-0.15, -0.1) is 11.8 Å². The number of nitrogens with one attached hydrogen (secondary N) is 2. The number of pyridine rings is 1. The van der Waals surface area contributed by atoms with Gasteiger partial charge in [-0.25, -0.2) is 4.79 Å². The lowest BCUT2D eigenvalue weighted by Gasteiger charge is -2.39. The van der Waals surface area contributed by atoms with Gasteiger partial charge in [0.25, 0.3) is 11.5 Å². The third kappa shape index (κ3) is 5.76. The highest BCUT2D eigenvalue weighted by molar-refractivity contribution is 8.00. The Morgan fingerprint density at radius 3 is 2.74 bits per heavy atom. The highest BCUT2D eigenvalue weighted by atomic mass is 32.2. The van der Waals surface area contributed by atoms with E-state index in [2.05, 4.69) is 16.4 Å². The molecule has 0 spiro atoms. The number of fused-ring (bicyclic) bond motifs is 1. The van der Waals surface area contributed by atoms with Crippen LogP contribution >= 0.6 is 11.8 Å². The lowest BCUT2D eigenvalue weighted by molar-refractivity contribution is -0.176. The van der Waals surface area contributed by atoms with Crippen LogP contribution in [0.15, 0.2) is 35.3 Å². The molecule has 42 heavy (non-hydrogen) atoms. The fourth-order valence-electron chi connectivity index (χ4n) is 5.55. The van der Waals surface area contributed by atoms with Gasteiger partial charge in [-0.05, 0) is 77.3 Å². The lowest BCUT2D eigenvalue weighted by Crippen LogP contribution is -2.47. The number of hydrogen-bond donors (Lipinski definition) is 2. The van der Waals surface area contributed by atoms with Crippen LogP contribution < -0.4 is 10.9 Å². The largest absolute Gasteiger partial charge is 0.458 e. The summed E-state index contributed by atoms with van der Waals surface area (Å²) in [5.41, 5.74) is 0.784. The highest BCUT2D eigenvalue weighted by Crippen LogP contribution is 2.38. The van der Waals surface area contributed by atoms with Crippen molar-refractivity contribution in [1.29, 1.82) is 5.26 Å². The van der Waals surface area contributed by atoms with Gasteiger partial charge < -0.3 is 24.7 Å². The summed E-state index contributed by atoms with van der Waals surface area (Å²) in [5.74, 6) is 0.813. The zero-order valence-corrected chi connectivity index (χ0v) is 25.3. The molecule has 2 saturated heterocycles. The molecule has 3 aromatic rings. The first kappa shape index (κ1) is 29.7. The SMILES string of the molecule is Cc1cc(Nc2nn([C@]3(CC#N)CC[C@@H](C(=O)OC(C)(C)C)OC3)c3cc[nH]c(=O)c23)ccc1C(=O)N1CCSC1C. The molecule has 222 valence electrons. The summed E-state index contributed by atoms with van der Waals surface area (Å²) in [6.07, 6.45) is 1.64. The van der Waals surface area contributed by atoms with Gasteiger partial charge in [0, 0.05) is 29.7 Å². The summed E-state index contributed by atoms with van der Waals surface area (Å²) in [6, 6.07) is 9.45. The Kier molecular flexibility index (Phi) is 8.09. The van der Waals surface area contributed by atoms with E-state index >= 15 is 0 Å². The van der Waals surface area contributed by atoms with Crippen molar-refractivity contribution in [2.45, 2.75) is 76.5 Å². The minimum Gasteiger partial charge on any atom is -0.458 e. The average molecular weight is 593 g/mol. The second-order valence-electron chi connectivity index (χ2n) is 11.9. The molecule has 0 radical (unpaired) electrons. The van der Waals surface area contributed by atoms with E-state index in [4.69, 9.17) is 14.6 Å². The molecule has 5 rings (SSSR count).